The van der Waals surface area contributed by atoms with Crippen LogP contribution in [0.15, 0.2) is 42.6 Å². The standard InChI is InChI=1S/C16H16F2N2O/c1-2-20(11-9-12-6-4-3-5-7-12)16(21)13-8-10-19-15(18)14(13)17/h3-8,10H,2,9,11H2,1H3. The molecule has 0 unspecified atom stereocenters. The van der Waals surface area contributed by atoms with E-state index in [2.05, 4.69) is 4.98 Å². The zero-order valence-corrected chi connectivity index (χ0v) is 11.7. The number of carbonyl (C=O) groups is 1. The van der Waals surface area contributed by atoms with Crippen molar-refractivity contribution in [2.24, 2.45) is 0 Å². The molecule has 0 spiro atoms. The molecule has 1 aromatic carbocycles. The Morgan fingerprint density at radius 2 is 1.90 bits per heavy atom. The van der Waals surface area contributed by atoms with Crippen LogP contribution in [0, 0.1) is 11.8 Å². The van der Waals surface area contributed by atoms with Gasteiger partial charge in [-0.15, -0.1) is 0 Å². The predicted octanol–water partition coefficient (Wildman–Crippen LogP) is 3.06. The van der Waals surface area contributed by atoms with E-state index < -0.39 is 17.7 Å². The Morgan fingerprint density at radius 1 is 1.19 bits per heavy atom. The van der Waals surface area contributed by atoms with Gasteiger partial charge in [-0.1, -0.05) is 30.3 Å². The molecular formula is C16H16F2N2O. The Labute approximate surface area is 122 Å². The van der Waals surface area contributed by atoms with Gasteiger partial charge in [-0.05, 0) is 25.0 Å². The summed E-state index contributed by atoms with van der Waals surface area (Å²) in [5, 5.41) is 0. The minimum absolute atomic E-state index is 0.280. The molecule has 0 aliphatic carbocycles. The van der Waals surface area contributed by atoms with Crippen LogP contribution in [-0.2, 0) is 6.42 Å². The van der Waals surface area contributed by atoms with E-state index in [9.17, 15) is 13.6 Å². The highest BCUT2D eigenvalue weighted by Gasteiger charge is 2.20. The molecule has 0 atom stereocenters. The summed E-state index contributed by atoms with van der Waals surface area (Å²) in [6.45, 7) is 2.68. The van der Waals surface area contributed by atoms with Crippen LogP contribution in [-0.4, -0.2) is 28.9 Å². The molecule has 1 aromatic heterocycles. The lowest BCUT2D eigenvalue weighted by Crippen LogP contribution is -2.33. The van der Waals surface area contributed by atoms with Crippen LogP contribution in [0.3, 0.4) is 0 Å². The number of hydrogen-bond donors (Lipinski definition) is 0. The van der Waals surface area contributed by atoms with Crippen molar-refractivity contribution in [3.8, 4) is 0 Å². The van der Waals surface area contributed by atoms with Crippen molar-refractivity contribution in [3.63, 3.8) is 0 Å². The number of nitrogens with zero attached hydrogens (tertiary/aromatic N) is 2. The van der Waals surface area contributed by atoms with Gasteiger partial charge in [0.25, 0.3) is 5.91 Å². The third-order valence-corrected chi connectivity index (χ3v) is 3.26. The number of amides is 1. The van der Waals surface area contributed by atoms with Gasteiger partial charge >= 0.3 is 0 Å². The fourth-order valence-electron chi connectivity index (χ4n) is 2.07. The lowest BCUT2D eigenvalue weighted by Gasteiger charge is -2.21. The molecule has 3 nitrogen and oxygen atoms in total. The number of likely N-dealkylation sites (N-methyl/N-ethyl adjacent to an activating group) is 1. The Hall–Kier alpha value is -2.30. The molecule has 1 amide bonds. The number of rotatable bonds is 5. The van der Waals surface area contributed by atoms with Gasteiger partial charge in [0, 0.05) is 19.3 Å². The van der Waals surface area contributed by atoms with Gasteiger partial charge in [0.1, 0.15) is 0 Å². The first-order chi connectivity index (χ1) is 10.1. The van der Waals surface area contributed by atoms with Crippen LogP contribution < -0.4 is 0 Å². The molecule has 0 N–H and O–H groups in total. The molecule has 2 aromatic rings. The highest BCUT2D eigenvalue weighted by Crippen LogP contribution is 2.12. The molecular weight excluding hydrogens is 274 g/mol. The molecule has 0 aliphatic heterocycles. The van der Waals surface area contributed by atoms with E-state index in [0.717, 1.165) is 11.8 Å². The van der Waals surface area contributed by atoms with Crippen molar-refractivity contribution in [1.29, 1.82) is 0 Å². The molecule has 0 saturated carbocycles. The lowest BCUT2D eigenvalue weighted by atomic mass is 10.1. The number of benzene rings is 1. The monoisotopic (exact) mass is 290 g/mol. The van der Waals surface area contributed by atoms with Gasteiger partial charge in [-0.2, -0.15) is 4.39 Å². The molecule has 1 heterocycles. The summed E-state index contributed by atoms with van der Waals surface area (Å²) < 4.78 is 26.7. The third kappa shape index (κ3) is 3.62. The lowest BCUT2D eigenvalue weighted by molar-refractivity contribution is 0.0760. The smallest absolute Gasteiger partial charge is 0.257 e. The van der Waals surface area contributed by atoms with Crippen molar-refractivity contribution < 1.29 is 13.6 Å². The highest BCUT2D eigenvalue weighted by molar-refractivity contribution is 5.94. The Kier molecular flexibility index (Phi) is 4.98. The number of pyridine rings is 1. The van der Waals surface area contributed by atoms with Crippen molar-refractivity contribution in [3.05, 3.63) is 65.5 Å². The average molecular weight is 290 g/mol. The molecule has 0 bridgehead atoms. The van der Waals surface area contributed by atoms with Gasteiger partial charge in [-0.3, -0.25) is 4.79 Å². The minimum Gasteiger partial charge on any atom is -0.339 e. The fraction of sp³-hybridized carbons (Fsp3) is 0.250. The van der Waals surface area contributed by atoms with Gasteiger partial charge < -0.3 is 4.90 Å². The second kappa shape index (κ2) is 6.92. The van der Waals surface area contributed by atoms with Crippen LogP contribution in [0.5, 0.6) is 0 Å². The minimum atomic E-state index is -1.25. The Bertz CT molecular complexity index is 617. The normalized spacial score (nSPS) is 10.4. The van der Waals surface area contributed by atoms with Crippen LogP contribution in [0.4, 0.5) is 8.78 Å². The predicted molar refractivity (Wildman–Crippen MR) is 75.9 cm³/mol. The molecule has 0 aliphatic rings. The fourth-order valence-corrected chi connectivity index (χ4v) is 2.07. The molecule has 2 rings (SSSR count). The molecule has 110 valence electrons. The van der Waals surface area contributed by atoms with E-state index >= 15 is 0 Å². The first-order valence-electron chi connectivity index (χ1n) is 6.76. The van der Waals surface area contributed by atoms with Crippen molar-refractivity contribution in [2.45, 2.75) is 13.3 Å². The van der Waals surface area contributed by atoms with Crippen molar-refractivity contribution in [1.82, 2.24) is 9.88 Å². The van der Waals surface area contributed by atoms with E-state index in [1.54, 1.807) is 6.92 Å². The number of aromatic nitrogens is 1. The summed E-state index contributed by atoms with van der Waals surface area (Å²) in [5.74, 6) is -2.96. The zero-order chi connectivity index (χ0) is 15.2. The van der Waals surface area contributed by atoms with E-state index in [1.165, 1.54) is 11.0 Å². The maximum atomic E-state index is 13.6. The van der Waals surface area contributed by atoms with Gasteiger partial charge in [0.15, 0.2) is 5.82 Å². The maximum Gasteiger partial charge on any atom is 0.257 e. The van der Waals surface area contributed by atoms with Crippen molar-refractivity contribution >= 4 is 5.91 Å². The summed E-state index contributed by atoms with van der Waals surface area (Å²) in [5.41, 5.74) is 0.808. The van der Waals surface area contributed by atoms with E-state index in [4.69, 9.17) is 0 Å². The molecule has 0 saturated heterocycles. The SMILES string of the molecule is CCN(CCc1ccccc1)C(=O)c1ccnc(F)c1F. The summed E-state index contributed by atoms with van der Waals surface area (Å²) in [6, 6.07) is 10.9. The summed E-state index contributed by atoms with van der Waals surface area (Å²) >= 11 is 0. The molecule has 0 radical (unpaired) electrons. The molecule has 5 heteroatoms. The number of carbonyl (C=O) groups excluding carboxylic acids is 1. The Balaban J connectivity index is 2.10. The largest absolute Gasteiger partial charge is 0.339 e. The highest BCUT2D eigenvalue weighted by atomic mass is 19.2. The van der Waals surface area contributed by atoms with Crippen LogP contribution >= 0.6 is 0 Å². The quantitative estimate of drug-likeness (QED) is 0.793. The zero-order valence-electron chi connectivity index (χ0n) is 11.7. The molecule has 0 fully saturated rings. The summed E-state index contributed by atoms with van der Waals surface area (Å²) in [4.78, 5) is 16.9. The summed E-state index contributed by atoms with van der Waals surface area (Å²) in [7, 11) is 0. The maximum absolute atomic E-state index is 13.6. The number of halogens is 2. The van der Waals surface area contributed by atoms with E-state index in [0.29, 0.717) is 19.5 Å². The molecule has 21 heavy (non-hydrogen) atoms. The number of hydrogen-bond acceptors (Lipinski definition) is 2. The third-order valence-electron chi connectivity index (χ3n) is 3.26. The van der Waals surface area contributed by atoms with Gasteiger partial charge in [0.2, 0.25) is 5.95 Å². The first-order valence-corrected chi connectivity index (χ1v) is 6.76. The van der Waals surface area contributed by atoms with E-state index in [1.807, 2.05) is 30.3 Å². The second-order valence-electron chi connectivity index (χ2n) is 4.58. The van der Waals surface area contributed by atoms with Gasteiger partial charge in [0.05, 0.1) is 5.56 Å². The van der Waals surface area contributed by atoms with Crippen LogP contribution in [0.2, 0.25) is 0 Å². The second-order valence-corrected chi connectivity index (χ2v) is 4.58. The topological polar surface area (TPSA) is 33.2 Å². The average Bonchev–Trinajstić information content (AvgIpc) is 2.51. The van der Waals surface area contributed by atoms with E-state index in [-0.39, 0.29) is 5.56 Å². The first kappa shape index (κ1) is 15.1. The Morgan fingerprint density at radius 3 is 2.57 bits per heavy atom. The van der Waals surface area contributed by atoms with Gasteiger partial charge in [-0.25, -0.2) is 9.37 Å². The van der Waals surface area contributed by atoms with Crippen molar-refractivity contribution in [2.75, 3.05) is 13.1 Å². The summed E-state index contributed by atoms with van der Waals surface area (Å²) in [6.07, 6.45) is 1.76. The van der Waals surface area contributed by atoms with Crippen LogP contribution in [0.25, 0.3) is 0 Å². The van der Waals surface area contributed by atoms with Crippen LogP contribution in [0.1, 0.15) is 22.8 Å².